The van der Waals surface area contributed by atoms with Crippen LogP contribution in [0.3, 0.4) is 0 Å². The van der Waals surface area contributed by atoms with E-state index in [2.05, 4.69) is 5.16 Å². The number of rotatable bonds is 5. The zero-order valence-electron chi connectivity index (χ0n) is 14.9. The van der Waals surface area contributed by atoms with Gasteiger partial charge in [0, 0.05) is 17.0 Å². The predicted molar refractivity (Wildman–Crippen MR) is 108 cm³/mol. The average Bonchev–Trinajstić information content (AvgIpc) is 2.75. The minimum atomic E-state index is -0.394. The first kappa shape index (κ1) is 17.5. The molecule has 0 aliphatic rings. The molecule has 1 heterocycles. The molecule has 5 nitrogen and oxygen atoms in total. The molecule has 1 N–H and O–H groups in total. The van der Waals surface area contributed by atoms with Crippen LogP contribution in [0.15, 0.2) is 99.3 Å². The highest BCUT2D eigenvalue weighted by Gasteiger charge is 2.08. The molecule has 0 aliphatic carbocycles. The summed E-state index contributed by atoms with van der Waals surface area (Å²) in [5, 5.41) is 13.5. The summed E-state index contributed by atoms with van der Waals surface area (Å²) in [4.78, 5) is 11.3. The number of ether oxygens (including phenoxy) is 1. The van der Waals surface area contributed by atoms with Gasteiger partial charge in [0.25, 0.3) is 0 Å². The second kappa shape index (κ2) is 7.80. The van der Waals surface area contributed by atoms with Crippen molar-refractivity contribution >= 4 is 16.7 Å². The van der Waals surface area contributed by atoms with Gasteiger partial charge in [0.15, 0.2) is 0 Å². The van der Waals surface area contributed by atoms with E-state index >= 15 is 0 Å². The van der Waals surface area contributed by atoms with Crippen molar-refractivity contribution in [1.29, 1.82) is 0 Å². The minimum Gasteiger partial charge on any atom is -0.487 e. The van der Waals surface area contributed by atoms with Crippen molar-refractivity contribution in [3.63, 3.8) is 0 Å². The number of hydrogen-bond acceptors (Lipinski definition) is 5. The maximum Gasteiger partial charge on any atom is 0.336 e. The van der Waals surface area contributed by atoms with E-state index in [4.69, 9.17) is 9.15 Å². The van der Waals surface area contributed by atoms with Gasteiger partial charge >= 0.3 is 5.63 Å². The van der Waals surface area contributed by atoms with E-state index in [9.17, 15) is 10.0 Å². The lowest BCUT2D eigenvalue weighted by molar-refractivity contribution is 0.308. The molecule has 0 fully saturated rings. The van der Waals surface area contributed by atoms with Crippen LogP contribution in [0.25, 0.3) is 22.1 Å². The van der Waals surface area contributed by atoms with Crippen LogP contribution in [0.4, 0.5) is 0 Å². The largest absolute Gasteiger partial charge is 0.487 e. The summed E-state index contributed by atoms with van der Waals surface area (Å²) in [6, 6.07) is 26.0. The number of fused-ring (bicyclic) bond motifs is 1. The monoisotopic (exact) mass is 371 g/mol. The Bertz CT molecular complexity index is 1180. The maximum atomic E-state index is 11.3. The molecule has 3 aromatic carbocycles. The molecule has 0 amide bonds. The Morgan fingerprint density at radius 2 is 1.64 bits per heavy atom. The summed E-state index contributed by atoms with van der Waals surface area (Å²) in [6.07, 6.45) is 0. The van der Waals surface area contributed by atoms with Gasteiger partial charge in [-0.15, -0.1) is 0 Å². The first-order chi connectivity index (χ1) is 13.7. The van der Waals surface area contributed by atoms with E-state index in [1.165, 1.54) is 6.07 Å². The molecule has 0 aliphatic heterocycles. The first-order valence-electron chi connectivity index (χ1n) is 8.76. The molecule has 28 heavy (non-hydrogen) atoms. The molecular formula is C23H17NO4. The fourth-order valence-electron chi connectivity index (χ4n) is 2.95. The van der Waals surface area contributed by atoms with Crippen molar-refractivity contribution in [2.45, 2.75) is 0 Å². The minimum absolute atomic E-state index is 0.101. The molecule has 0 radical (unpaired) electrons. The smallest absolute Gasteiger partial charge is 0.336 e. The Hall–Kier alpha value is -3.86. The van der Waals surface area contributed by atoms with Gasteiger partial charge in [-0.1, -0.05) is 59.8 Å². The number of nitrogens with zero attached hydrogens (tertiary/aromatic N) is 1. The Morgan fingerprint density at radius 1 is 0.893 bits per heavy atom. The van der Waals surface area contributed by atoms with Crippen molar-refractivity contribution in [3.05, 3.63) is 101 Å². The predicted octanol–water partition coefficient (Wildman–Crippen LogP) is 4.72. The molecule has 0 saturated carbocycles. The third-order valence-corrected chi connectivity index (χ3v) is 4.41. The van der Waals surface area contributed by atoms with Gasteiger partial charge in [0.05, 0.1) is 0 Å². The summed E-state index contributed by atoms with van der Waals surface area (Å²) in [5.74, 6) is 0.586. The molecule has 0 unspecified atom stereocenters. The fourth-order valence-corrected chi connectivity index (χ4v) is 2.95. The molecule has 4 rings (SSSR count). The Labute approximate surface area is 161 Å². The Balaban J connectivity index is 1.49. The lowest BCUT2D eigenvalue weighted by Crippen LogP contribution is -2.13. The molecule has 0 saturated heterocycles. The van der Waals surface area contributed by atoms with Gasteiger partial charge in [-0.3, -0.25) is 0 Å². The van der Waals surface area contributed by atoms with E-state index in [1.54, 1.807) is 24.3 Å². The molecule has 1 aromatic heterocycles. The quantitative estimate of drug-likeness (QED) is 0.238. The lowest BCUT2D eigenvalue weighted by atomic mass is 10.0. The van der Waals surface area contributed by atoms with Crippen molar-refractivity contribution in [2.24, 2.45) is 5.16 Å². The first-order valence-corrected chi connectivity index (χ1v) is 8.76. The van der Waals surface area contributed by atoms with Gasteiger partial charge < -0.3 is 14.4 Å². The summed E-state index contributed by atoms with van der Waals surface area (Å²) in [5.41, 5.74) is 3.49. The van der Waals surface area contributed by atoms with Gasteiger partial charge in [-0.2, -0.15) is 0 Å². The topological polar surface area (TPSA) is 72.0 Å². The SMILES string of the molecule is O=c1ccc2cc(OC/C(=N\O)c3ccc(-c4ccccc4)cc3)ccc2o1. The van der Waals surface area contributed by atoms with E-state index < -0.39 is 5.63 Å². The van der Waals surface area contributed by atoms with Gasteiger partial charge in [0.2, 0.25) is 0 Å². The second-order valence-electron chi connectivity index (χ2n) is 6.23. The van der Waals surface area contributed by atoms with Crippen molar-refractivity contribution < 1.29 is 14.4 Å². The molecule has 4 aromatic rings. The number of hydrogen-bond donors (Lipinski definition) is 1. The summed E-state index contributed by atoms with van der Waals surface area (Å²) in [6.45, 7) is 0.101. The van der Waals surface area contributed by atoms with E-state index in [0.29, 0.717) is 17.0 Å². The highest BCUT2D eigenvalue weighted by Crippen LogP contribution is 2.21. The summed E-state index contributed by atoms with van der Waals surface area (Å²) in [7, 11) is 0. The highest BCUT2D eigenvalue weighted by molar-refractivity contribution is 6.01. The normalized spacial score (nSPS) is 11.5. The molecular weight excluding hydrogens is 354 g/mol. The average molecular weight is 371 g/mol. The van der Waals surface area contributed by atoms with Crippen LogP contribution in [0.2, 0.25) is 0 Å². The Kier molecular flexibility index (Phi) is 4.89. The van der Waals surface area contributed by atoms with Crippen LogP contribution in [0.1, 0.15) is 5.56 Å². The second-order valence-corrected chi connectivity index (χ2v) is 6.23. The van der Waals surface area contributed by atoms with Crippen LogP contribution in [0.5, 0.6) is 5.75 Å². The molecule has 0 spiro atoms. The number of benzene rings is 3. The third-order valence-electron chi connectivity index (χ3n) is 4.41. The standard InChI is InChI=1S/C23H17NO4/c25-23-13-10-19-14-20(11-12-22(19)28-23)27-15-21(24-26)18-8-6-17(7-9-18)16-4-2-1-3-5-16/h1-14,26H,15H2/b24-21+. The zero-order valence-corrected chi connectivity index (χ0v) is 14.9. The highest BCUT2D eigenvalue weighted by atomic mass is 16.5. The molecule has 0 atom stereocenters. The van der Waals surface area contributed by atoms with E-state index in [0.717, 1.165) is 22.1 Å². The lowest BCUT2D eigenvalue weighted by Gasteiger charge is -2.09. The van der Waals surface area contributed by atoms with Crippen LogP contribution in [-0.2, 0) is 0 Å². The molecule has 5 heteroatoms. The van der Waals surface area contributed by atoms with Crippen LogP contribution >= 0.6 is 0 Å². The summed E-state index contributed by atoms with van der Waals surface area (Å²) >= 11 is 0. The van der Waals surface area contributed by atoms with Crippen LogP contribution in [-0.4, -0.2) is 17.5 Å². The molecule has 138 valence electrons. The van der Waals surface area contributed by atoms with Crippen LogP contribution in [0, 0.1) is 0 Å². The van der Waals surface area contributed by atoms with Crippen molar-refractivity contribution in [3.8, 4) is 16.9 Å². The van der Waals surface area contributed by atoms with Gasteiger partial charge in [0.1, 0.15) is 23.7 Å². The van der Waals surface area contributed by atoms with E-state index in [-0.39, 0.29) is 6.61 Å². The Morgan fingerprint density at radius 3 is 2.39 bits per heavy atom. The fraction of sp³-hybridized carbons (Fsp3) is 0.0435. The van der Waals surface area contributed by atoms with E-state index in [1.807, 2.05) is 54.6 Å². The van der Waals surface area contributed by atoms with Gasteiger partial charge in [-0.25, -0.2) is 4.79 Å². The zero-order chi connectivity index (χ0) is 19.3. The van der Waals surface area contributed by atoms with Crippen molar-refractivity contribution in [1.82, 2.24) is 0 Å². The number of oxime groups is 1. The summed E-state index contributed by atoms with van der Waals surface area (Å²) < 4.78 is 10.9. The molecule has 0 bridgehead atoms. The van der Waals surface area contributed by atoms with Crippen LogP contribution < -0.4 is 10.4 Å². The van der Waals surface area contributed by atoms with Gasteiger partial charge in [-0.05, 0) is 35.4 Å². The third kappa shape index (κ3) is 3.78. The van der Waals surface area contributed by atoms with Crippen molar-refractivity contribution in [2.75, 3.05) is 6.61 Å². The maximum absolute atomic E-state index is 11.3.